The van der Waals surface area contributed by atoms with Gasteiger partial charge >= 0.3 is 0 Å². The van der Waals surface area contributed by atoms with E-state index in [0.29, 0.717) is 22.8 Å². The monoisotopic (exact) mass is 253 g/mol. The van der Waals surface area contributed by atoms with Crippen LogP contribution < -0.4 is 5.32 Å². The lowest BCUT2D eigenvalue weighted by Crippen LogP contribution is -2.46. The van der Waals surface area contributed by atoms with Crippen molar-refractivity contribution in [3.8, 4) is 0 Å². The molecule has 0 saturated heterocycles. The number of aliphatic hydroxyl groups is 1. The molecule has 106 valence electrons. The molecule has 0 radical (unpaired) electrons. The predicted molar refractivity (Wildman–Crippen MR) is 76.5 cm³/mol. The fourth-order valence-corrected chi connectivity index (χ4v) is 4.42. The summed E-state index contributed by atoms with van der Waals surface area (Å²) in [5.41, 5.74) is 0.892. The second-order valence-corrected chi connectivity index (χ2v) is 7.85. The van der Waals surface area contributed by atoms with Crippen molar-refractivity contribution < 1.29 is 5.11 Å². The van der Waals surface area contributed by atoms with E-state index in [0.717, 1.165) is 18.9 Å². The van der Waals surface area contributed by atoms with Crippen LogP contribution in [-0.4, -0.2) is 23.8 Å². The molecule has 2 fully saturated rings. The first-order valence-electron chi connectivity index (χ1n) is 7.69. The molecule has 2 rings (SSSR count). The summed E-state index contributed by atoms with van der Waals surface area (Å²) in [6.45, 7) is 12.4. The van der Waals surface area contributed by atoms with Crippen LogP contribution in [0.4, 0.5) is 0 Å². The van der Waals surface area contributed by atoms with Crippen molar-refractivity contribution in [3.05, 3.63) is 0 Å². The molecular weight excluding hydrogens is 222 g/mol. The molecule has 0 amide bonds. The average Bonchev–Trinajstić information content (AvgIpc) is 2.57. The lowest BCUT2D eigenvalue weighted by molar-refractivity contribution is 0.0990. The number of aliphatic hydroxyl groups excluding tert-OH is 1. The van der Waals surface area contributed by atoms with Gasteiger partial charge in [0.15, 0.2) is 0 Å². The highest BCUT2D eigenvalue weighted by Crippen LogP contribution is 2.65. The predicted octanol–water partition coefficient (Wildman–Crippen LogP) is 3.20. The van der Waals surface area contributed by atoms with Crippen molar-refractivity contribution in [2.45, 2.75) is 72.4 Å². The average molecular weight is 253 g/mol. The number of fused-ring (bicyclic) bond motifs is 2. The van der Waals surface area contributed by atoms with Gasteiger partial charge in [-0.25, -0.2) is 0 Å². The smallest absolute Gasteiger partial charge is 0.0667 e. The fourth-order valence-electron chi connectivity index (χ4n) is 4.42. The van der Waals surface area contributed by atoms with Crippen LogP contribution in [0.2, 0.25) is 0 Å². The van der Waals surface area contributed by atoms with Crippen LogP contribution in [0.15, 0.2) is 0 Å². The van der Waals surface area contributed by atoms with E-state index in [1.165, 1.54) is 19.3 Å². The van der Waals surface area contributed by atoms with Gasteiger partial charge in [0.25, 0.3) is 0 Å². The fraction of sp³-hybridized carbons (Fsp3) is 1.00. The van der Waals surface area contributed by atoms with Gasteiger partial charge in [0.1, 0.15) is 0 Å². The molecule has 0 aromatic heterocycles. The molecule has 2 nitrogen and oxygen atoms in total. The minimum absolute atomic E-state index is 0.184. The number of hydrogen-bond acceptors (Lipinski definition) is 2. The van der Waals surface area contributed by atoms with Gasteiger partial charge in [-0.05, 0) is 48.3 Å². The summed E-state index contributed by atoms with van der Waals surface area (Å²) in [5.74, 6) is 1.45. The van der Waals surface area contributed by atoms with Crippen molar-refractivity contribution in [3.63, 3.8) is 0 Å². The molecule has 0 spiro atoms. The molecule has 4 unspecified atom stereocenters. The third-order valence-corrected chi connectivity index (χ3v) is 6.14. The second-order valence-electron chi connectivity index (χ2n) is 7.85. The Morgan fingerprint density at radius 3 is 2.39 bits per heavy atom. The normalized spacial score (nSPS) is 39.5. The van der Waals surface area contributed by atoms with Crippen LogP contribution in [0.3, 0.4) is 0 Å². The van der Waals surface area contributed by atoms with Gasteiger partial charge in [0, 0.05) is 12.6 Å². The molecule has 0 aromatic carbocycles. The number of nitrogens with one attached hydrogen (secondary N) is 1. The summed E-state index contributed by atoms with van der Waals surface area (Å²) in [5, 5.41) is 13.7. The van der Waals surface area contributed by atoms with E-state index in [2.05, 4.69) is 39.9 Å². The van der Waals surface area contributed by atoms with Crippen molar-refractivity contribution in [2.24, 2.45) is 22.7 Å². The van der Waals surface area contributed by atoms with Crippen LogP contribution >= 0.6 is 0 Å². The van der Waals surface area contributed by atoms with Crippen LogP contribution in [0.25, 0.3) is 0 Å². The Balaban J connectivity index is 1.89. The molecule has 0 heterocycles. The van der Waals surface area contributed by atoms with Crippen molar-refractivity contribution >= 4 is 0 Å². The Morgan fingerprint density at radius 2 is 1.94 bits per heavy atom. The maximum absolute atomic E-state index is 10.0. The maximum atomic E-state index is 10.0. The summed E-state index contributed by atoms with van der Waals surface area (Å²) in [6, 6.07) is 0.605. The first kappa shape index (κ1) is 14.3. The Bertz CT molecular complexity index is 299. The molecule has 2 N–H and O–H groups in total. The first-order valence-corrected chi connectivity index (χ1v) is 7.69. The summed E-state index contributed by atoms with van der Waals surface area (Å²) in [6.07, 6.45) is 4.77. The van der Waals surface area contributed by atoms with Crippen LogP contribution in [-0.2, 0) is 0 Å². The van der Waals surface area contributed by atoms with Gasteiger partial charge in [-0.15, -0.1) is 0 Å². The van der Waals surface area contributed by atoms with E-state index in [4.69, 9.17) is 0 Å². The van der Waals surface area contributed by atoms with E-state index in [1.54, 1.807) is 0 Å². The van der Waals surface area contributed by atoms with Crippen LogP contribution in [0.5, 0.6) is 0 Å². The third kappa shape index (κ3) is 2.22. The minimum atomic E-state index is -0.184. The van der Waals surface area contributed by atoms with E-state index in [-0.39, 0.29) is 6.10 Å². The van der Waals surface area contributed by atoms with Gasteiger partial charge in [-0.2, -0.15) is 0 Å². The zero-order chi connectivity index (χ0) is 13.6. The molecule has 4 atom stereocenters. The number of rotatable bonds is 5. The van der Waals surface area contributed by atoms with E-state index in [9.17, 15) is 5.11 Å². The van der Waals surface area contributed by atoms with E-state index < -0.39 is 0 Å². The molecule has 2 saturated carbocycles. The lowest BCUT2D eigenvalue weighted by Gasteiger charge is -2.40. The quantitative estimate of drug-likeness (QED) is 0.788. The SMILES string of the molecule is CC(C)CC(O)CNC1CC2CCC1(C)C2(C)C. The van der Waals surface area contributed by atoms with E-state index >= 15 is 0 Å². The van der Waals surface area contributed by atoms with Crippen LogP contribution in [0, 0.1) is 22.7 Å². The lowest BCUT2D eigenvalue weighted by atomic mass is 9.69. The van der Waals surface area contributed by atoms with Gasteiger partial charge in [-0.3, -0.25) is 0 Å². The molecule has 0 aliphatic heterocycles. The Labute approximate surface area is 113 Å². The zero-order valence-corrected chi connectivity index (χ0v) is 12.8. The molecule has 18 heavy (non-hydrogen) atoms. The summed E-state index contributed by atoms with van der Waals surface area (Å²) >= 11 is 0. The summed E-state index contributed by atoms with van der Waals surface area (Å²) in [4.78, 5) is 0. The molecule has 2 heteroatoms. The Kier molecular flexibility index (Phi) is 3.81. The summed E-state index contributed by atoms with van der Waals surface area (Å²) < 4.78 is 0. The van der Waals surface area contributed by atoms with Gasteiger partial charge in [-0.1, -0.05) is 34.6 Å². The molecule has 0 aromatic rings. The highest BCUT2D eigenvalue weighted by molar-refractivity contribution is 5.13. The topological polar surface area (TPSA) is 32.3 Å². The van der Waals surface area contributed by atoms with Crippen molar-refractivity contribution in [1.29, 1.82) is 0 Å². The largest absolute Gasteiger partial charge is 0.392 e. The standard InChI is InChI=1S/C16H31NO/c1-11(2)8-13(18)10-17-14-9-12-6-7-16(14,5)15(12,3)4/h11-14,17-18H,6-10H2,1-5H3. The number of hydrogen-bond donors (Lipinski definition) is 2. The van der Waals surface area contributed by atoms with Crippen molar-refractivity contribution in [1.82, 2.24) is 5.32 Å². The molecule has 2 aliphatic rings. The zero-order valence-electron chi connectivity index (χ0n) is 12.8. The second kappa shape index (κ2) is 4.79. The van der Waals surface area contributed by atoms with Gasteiger partial charge in [0.05, 0.1) is 6.10 Å². The molecule has 2 bridgehead atoms. The van der Waals surface area contributed by atoms with Gasteiger partial charge in [0.2, 0.25) is 0 Å². The Hall–Kier alpha value is -0.0800. The highest BCUT2D eigenvalue weighted by atomic mass is 16.3. The highest BCUT2D eigenvalue weighted by Gasteiger charge is 2.60. The minimum Gasteiger partial charge on any atom is -0.392 e. The first-order chi connectivity index (χ1) is 8.27. The van der Waals surface area contributed by atoms with E-state index in [1.807, 2.05) is 0 Å². The Morgan fingerprint density at radius 1 is 1.28 bits per heavy atom. The third-order valence-electron chi connectivity index (χ3n) is 6.14. The molecular formula is C16H31NO. The van der Waals surface area contributed by atoms with Crippen molar-refractivity contribution in [2.75, 3.05) is 6.54 Å². The van der Waals surface area contributed by atoms with Gasteiger partial charge < -0.3 is 10.4 Å². The van der Waals surface area contributed by atoms with Crippen LogP contribution in [0.1, 0.15) is 60.3 Å². The molecule has 2 aliphatic carbocycles. The summed E-state index contributed by atoms with van der Waals surface area (Å²) in [7, 11) is 0. The maximum Gasteiger partial charge on any atom is 0.0667 e.